The molecule has 2 rings (SSSR count). The molecule has 1 atom stereocenters. The lowest BCUT2D eigenvalue weighted by Crippen LogP contribution is -2.52. The number of quaternary nitrogens is 1. The molecule has 0 radical (unpaired) electrons. The van der Waals surface area contributed by atoms with Crippen LogP contribution in [0.15, 0.2) is 54.6 Å². The van der Waals surface area contributed by atoms with Crippen LogP contribution in [0.25, 0.3) is 0 Å². The van der Waals surface area contributed by atoms with Gasteiger partial charge in [0.15, 0.2) is 6.04 Å². The fourth-order valence-electron chi connectivity index (χ4n) is 4.40. The van der Waals surface area contributed by atoms with Gasteiger partial charge in [0, 0.05) is 12.0 Å². The SMILES string of the molecule is CCCCCCCCCc1ccc(OCOC(=O)C(CC)[N+](C)(C)Cc2ccccc2)cc1. The first-order valence-electron chi connectivity index (χ1n) is 12.7. The number of aryl methyl sites for hydroxylation is 1. The number of hydrogen-bond acceptors (Lipinski definition) is 3. The Hall–Kier alpha value is -2.33. The standard InChI is InChI=1S/C29H44NO3/c1-5-7-8-9-10-11-13-16-25-19-21-27(22-20-25)32-24-33-29(31)28(6-2)30(3,4)23-26-17-14-12-15-18-26/h12,14-15,17-22,28H,5-11,13,16,23-24H2,1-4H3/q+1. The highest BCUT2D eigenvalue weighted by molar-refractivity contribution is 5.74. The topological polar surface area (TPSA) is 35.5 Å². The Kier molecular flexibility index (Phi) is 12.0. The minimum Gasteiger partial charge on any atom is -0.457 e. The largest absolute Gasteiger partial charge is 0.457 e. The van der Waals surface area contributed by atoms with Crippen LogP contribution in [0.4, 0.5) is 0 Å². The van der Waals surface area contributed by atoms with Crippen molar-refractivity contribution in [3.8, 4) is 5.75 Å². The molecule has 0 aliphatic carbocycles. The molecule has 33 heavy (non-hydrogen) atoms. The molecule has 0 aromatic heterocycles. The summed E-state index contributed by atoms with van der Waals surface area (Å²) in [5.41, 5.74) is 2.54. The molecular weight excluding hydrogens is 410 g/mol. The van der Waals surface area contributed by atoms with E-state index in [0.717, 1.165) is 18.7 Å². The maximum atomic E-state index is 12.8. The van der Waals surface area contributed by atoms with Crippen molar-refractivity contribution in [3.05, 3.63) is 65.7 Å². The van der Waals surface area contributed by atoms with Gasteiger partial charge in [0.1, 0.15) is 12.3 Å². The highest BCUT2D eigenvalue weighted by atomic mass is 16.7. The number of carbonyl (C=O) groups excluding carboxylic acids is 1. The lowest BCUT2D eigenvalue weighted by atomic mass is 10.0. The fraction of sp³-hybridized carbons (Fsp3) is 0.552. The van der Waals surface area contributed by atoms with Crippen molar-refractivity contribution < 1.29 is 18.8 Å². The predicted molar refractivity (Wildman–Crippen MR) is 136 cm³/mol. The van der Waals surface area contributed by atoms with E-state index >= 15 is 0 Å². The van der Waals surface area contributed by atoms with Gasteiger partial charge in [-0.25, -0.2) is 4.79 Å². The molecule has 1 unspecified atom stereocenters. The number of unbranched alkanes of at least 4 members (excludes halogenated alkanes) is 6. The van der Waals surface area contributed by atoms with E-state index < -0.39 is 0 Å². The molecule has 0 amide bonds. The van der Waals surface area contributed by atoms with Crippen LogP contribution in [0.5, 0.6) is 5.75 Å². The van der Waals surface area contributed by atoms with Gasteiger partial charge >= 0.3 is 5.97 Å². The molecule has 0 heterocycles. The Balaban J connectivity index is 1.72. The van der Waals surface area contributed by atoms with Crippen molar-refractivity contribution >= 4 is 5.97 Å². The molecule has 2 aromatic rings. The molecule has 0 bridgehead atoms. The zero-order valence-electron chi connectivity index (χ0n) is 21.2. The lowest BCUT2D eigenvalue weighted by Gasteiger charge is -2.36. The molecule has 0 aliphatic heterocycles. The molecule has 0 aliphatic rings. The van der Waals surface area contributed by atoms with Crippen molar-refractivity contribution in [1.82, 2.24) is 0 Å². The zero-order chi connectivity index (χ0) is 23.9. The lowest BCUT2D eigenvalue weighted by molar-refractivity contribution is -0.919. The molecule has 2 aromatic carbocycles. The maximum absolute atomic E-state index is 12.8. The van der Waals surface area contributed by atoms with Gasteiger partial charge in [0.05, 0.1) is 14.1 Å². The number of hydrogen-bond donors (Lipinski definition) is 0. The van der Waals surface area contributed by atoms with Gasteiger partial charge in [-0.2, -0.15) is 0 Å². The summed E-state index contributed by atoms with van der Waals surface area (Å²) in [5.74, 6) is 0.520. The second-order valence-electron chi connectivity index (χ2n) is 9.59. The van der Waals surface area contributed by atoms with E-state index in [-0.39, 0.29) is 18.8 Å². The number of ether oxygens (including phenoxy) is 2. The van der Waals surface area contributed by atoms with Crippen LogP contribution >= 0.6 is 0 Å². The third-order valence-electron chi connectivity index (χ3n) is 6.35. The van der Waals surface area contributed by atoms with Crippen molar-refractivity contribution in [3.63, 3.8) is 0 Å². The molecule has 0 fully saturated rings. The minimum atomic E-state index is -0.238. The molecule has 0 N–H and O–H groups in total. The number of esters is 1. The average Bonchev–Trinajstić information content (AvgIpc) is 2.80. The van der Waals surface area contributed by atoms with Gasteiger partial charge in [-0.15, -0.1) is 0 Å². The van der Waals surface area contributed by atoms with Crippen LogP contribution in [-0.4, -0.2) is 37.4 Å². The molecule has 4 heteroatoms. The average molecular weight is 455 g/mol. The van der Waals surface area contributed by atoms with Crippen molar-refractivity contribution in [2.75, 3.05) is 20.9 Å². The zero-order valence-corrected chi connectivity index (χ0v) is 21.2. The van der Waals surface area contributed by atoms with Crippen molar-refractivity contribution in [2.45, 2.75) is 84.2 Å². The van der Waals surface area contributed by atoms with Crippen molar-refractivity contribution in [2.24, 2.45) is 0 Å². The fourth-order valence-corrected chi connectivity index (χ4v) is 4.40. The monoisotopic (exact) mass is 454 g/mol. The summed E-state index contributed by atoms with van der Waals surface area (Å²) in [6.45, 7) is 5.00. The van der Waals surface area contributed by atoms with Gasteiger partial charge in [0.2, 0.25) is 6.79 Å². The molecule has 0 spiro atoms. The van der Waals surface area contributed by atoms with Gasteiger partial charge < -0.3 is 14.0 Å². The van der Waals surface area contributed by atoms with Crippen LogP contribution in [0.2, 0.25) is 0 Å². The Bertz CT molecular complexity index is 786. The smallest absolute Gasteiger partial charge is 0.367 e. The van der Waals surface area contributed by atoms with Gasteiger partial charge in [-0.3, -0.25) is 0 Å². The highest BCUT2D eigenvalue weighted by Gasteiger charge is 2.35. The normalized spacial score (nSPS) is 12.4. The first-order valence-corrected chi connectivity index (χ1v) is 12.7. The second-order valence-corrected chi connectivity index (χ2v) is 9.59. The third-order valence-corrected chi connectivity index (χ3v) is 6.35. The molecular formula is C29H44NO3+. The minimum absolute atomic E-state index is 0.0578. The summed E-state index contributed by atoms with van der Waals surface area (Å²) >= 11 is 0. The molecule has 0 saturated heterocycles. The summed E-state index contributed by atoms with van der Waals surface area (Å²) in [4.78, 5) is 12.8. The first kappa shape index (κ1) is 26.9. The number of likely N-dealkylation sites (N-methyl/N-ethyl adjacent to an activating group) is 1. The Morgan fingerprint density at radius 2 is 1.45 bits per heavy atom. The molecule has 4 nitrogen and oxygen atoms in total. The Morgan fingerprint density at radius 1 is 0.818 bits per heavy atom. The summed E-state index contributed by atoms with van der Waals surface area (Å²) in [6.07, 6.45) is 11.1. The number of rotatable bonds is 16. The van der Waals surface area contributed by atoms with Crippen LogP contribution in [0.3, 0.4) is 0 Å². The van der Waals surface area contributed by atoms with E-state index in [4.69, 9.17) is 9.47 Å². The predicted octanol–water partition coefficient (Wildman–Crippen LogP) is 6.91. The van der Waals surface area contributed by atoms with Crippen molar-refractivity contribution in [1.29, 1.82) is 0 Å². The summed E-state index contributed by atoms with van der Waals surface area (Å²) < 4.78 is 11.7. The number of carbonyl (C=O) groups is 1. The van der Waals surface area contributed by atoms with E-state index in [9.17, 15) is 4.79 Å². The molecule has 0 saturated carbocycles. The first-order chi connectivity index (χ1) is 16.0. The van der Waals surface area contributed by atoms with E-state index in [1.165, 1.54) is 56.1 Å². The summed E-state index contributed by atoms with van der Waals surface area (Å²) in [7, 11) is 4.15. The Morgan fingerprint density at radius 3 is 2.09 bits per heavy atom. The van der Waals surface area contributed by atoms with Crippen LogP contribution < -0.4 is 4.74 Å². The van der Waals surface area contributed by atoms with E-state index in [2.05, 4.69) is 45.3 Å². The number of nitrogens with zero attached hydrogens (tertiary/aromatic N) is 1. The van der Waals surface area contributed by atoms with Crippen LogP contribution in [0.1, 0.15) is 76.3 Å². The number of benzene rings is 2. The maximum Gasteiger partial charge on any atom is 0.367 e. The quantitative estimate of drug-likeness (QED) is 0.120. The van der Waals surface area contributed by atoms with Gasteiger partial charge in [-0.1, -0.05) is 94.8 Å². The van der Waals surface area contributed by atoms with Gasteiger partial charge in [-0.05, 0) is 30.5 Å². The highest BCUT2D eigenvalue weighted by Crippen LogP contribution is 2.19. The third kappa shape index (κ3) is 10.00. The summed E-state index contributed by atoms with van der Waals surface area (Å²) in [5, 5.41) is 0. The van der Waals surface area contributed by atoms with Crippen LogP contribution in [0, 0.1) is 0 Å². The molecule has 182 valence electrons. The van der Waals surface area contributed by atoms with E-state index in [0.29, 0.717) is 10.9 Å². The van der Waals surface area contributed by atoms with Crippen LogP contribution in [-0.2, 0) is 22.5 Å². The van der Waals surface area contributed by atoms with E-state index in [1.807, 2.05) is 37.3 Å². The summed E-state index contributed by atoms with van der Waals surface area (Å²) in [6, 6.07) is 18.2. The Labute approximate surface area is 201 Å². The van der Waals surface area contributed by atoms with E-state index in [1.54, 1.807) is 0 Å². The van der Waals surface area contributed by atoms with Gasteiger partial charge in [0.25, 0.3) is 0 Å². The second kappa shape index (κ2) is 14.7.